The maximum atomic E-state index is 11.7. The Morgan fingerprint density at radius 3 is 2.74 bits per heavy atom. The van der Waals surface area contributed by atoms with E-state index in [0.717, 1.165) is 38.9 Å². The molecule has 1 rings (SSSR count). The van der Waals surface area contributed by atoms with Crippen molar-refractivity contribution in [2.45, 2.75) is 58.5 Å². The Morgan fingerprint density at radius 2 is 2.11 bits per heavy atom. The van der Waals surface area contributed by atoms with E-state index in [1.165, 1.54) is 19.3 Å². The van der Waals surface area contributed by atoms with Gasteiger partial charge in [0.25, 0.3) is 0 Å². The number of carbonyl (C=O) groups is 1. The molecule has 0 spiro atoms. The van der Waals surface area contributed by atoms with Gasteiger partial charge in [-0.15, -0.1) is 0 Å². The third-order valence-electron chi connectivity index (χ3n) is 3.87. The minimum Gasteiger partial charge on any atom is -0.368 e. The first kappa shape index (κ1) is 16.4. The van der Waals surface area contributed by atoms with Crippen molar-refractivity contribution in [2.24, 2.45) is 5.92 Å². The molecule has 1 heterocycles. The highest BCUT2D eigenvalue weighted by molar-refractivity contribution is 5.77. The summed E-state index contributed by atoms with van der Waals surface area (Å²) in [5.41, 5.74) is 0. The smallest absolute Gasteiger partial charge is 0.246 e. The Morgan fingerprint density at radius 1 is 1.37 bits per heavy atom. The molecule has 1 aliphatic heterocycles. The summed E-state index contributed by atoms with van der Waals surface area (Å²) >= 11 is 0. The van der Waals surface area contributed by atoms with Crippen molar-refractivity contribution < 1.29 is 9.53 Å². The lowest BCUT2D eigenvalue weighted by Gasteiger charge is -2.23. The van der Waals surface area contributed by atoms with Crippen LogP contribution in [0.25, 0.3) is 0 Å². The highest BCUT2D eigenvalue weighted by Crippen LogP contribution is 2.11. The van der Waals surface area contributed by atoms with Crippen LogP contribution in [0.5, 0.6) is 0 Å². The molecule has 4 nitrogen and oxygen atoms in total. The predicted octanol–water partition coefficient (Wildman–Crippen LogP) is 2.09. The number of ether oxygens (including phenoxy) is 1. The standard InChI is InChI=1S/C15H30N2O2/c1-3-5-6-13(4-2)11-17-15(18)12-19-14-7-9-16-10-8-14/h13-14,16H,3-12H2,1-2H3,(H,17,18). The van der Waals surface area contributed by atoms with Crippen LogP contribution in [0, 0.1) is 5.92 Å². The Labute approximate surface area is 117 Å². The Kier molecular flexibility index (Phi) is 8.84. The lowest BCUT2D eigenvalue weighted by atomic mass is 9.99. The lowest BCUT2D eigenvalue weighted by molar-refractivity contribution is -0.128. The van der Waals surface area contributed by atoms with Gasteiger partial charge in [0.05, 0.1) is 6.10 Å². The molecule has 0 radical (unpaired) electrons. The fraction of sp³-hybridized carbons (Fsp3) is 0.933. The first-order valence-corrected chi connectivity index (χ1v) is 7.85. The van der Waals surface area contributed by atoms with Crippen molar-refractivity contribution in [1.29, 1.82) is 0 Å². The van der Waals surface area contributed by atoms with Crippen LogP contribution >= 0.6 is 0 Å². The van der Waals surface area contributed by atoms with Gasteiger partial charge in [-0.05, 0) is 38.3 Å². The summed E-state index contributed by atoms with van der Waals surface area (Å²) in [5, 5.41) is 6.29. The van der Waals surface area contributed by atoms with E-state index in [4.69, 9.17) is 4.74 Å². The molecule has 1 aliphatic rings. The zero-order valence-corrected chi connectivity index (χ0v) is 12.5. The number of nitrogens with one attached hydrogen (secondary N) is 2. The number of carbonyl (C=O) groups excluding carboxylic acids is 1. The second-order valence-corrected chi connectivity index (χ2v) is 5.48. The largest absolute Gasteiger partial charge is 0.368 e. The van der Waals surface area contributed by atoms with Crippen molar-refractivity contribution in [1.82, 2.24) is 10.6 Å². The second-order valence-electron chi connectivity index (χ2n) is 5.48. The zero-order chi connectivity index (χ0) is 13.9. The summed E-state index contributed by atoms with van der Waals surface area (Å²) in [7, 11) is 0. The van der Waals surface area contributed by atoms with E-state index in [0.29, 0.717) is 5.92 Å². The van der Waals surface area contributed by atoms with Crippen molar-refractivity contribution in [3.05, 3.63) is 0 Å². The molecule has 0 bridgehead atoms. The highest BCUT2D eigenvalue weighted by Gasteiger charge is 2.15. The molecule has 1 amide bonds. The van der Waals surface area contributed by atoms with Gasteiger partial charge in [0.1, 0.15) is 6.61 Å². The van der Waals surface area contributed by atoms with Gasteiger partial charge >= 0.3 is 0 Å². The Hall–Kier alpha value is -0.610. The van der Waals surface area contributed by atoms with Gasteiger partial charge in [-0.2, -0.15) is 0 Å². The van der Waals surface area contributed by atoms with Crippen LogP contribution in [0.3, 0.4) is 0 Å². The van der Waals surface area contributed by atoms with E-state index in [-0.39, 0.29) is 18.6 Å². The minimum atomic E-state index is 0.0356. The molecule has 2 N–H and O–H groups in total. The SMILES string of the molecule is CCCCC(CC)CNC(=O)COC1CCNCC1. The van der Waals surface area contributed by atoms with Gasteiger partial charge in [-0.25, -0.2) is 0 Å². The molecule has 19 heavy (non-hydrogen) atoms. The summed E-state index contributed by atoms with van der Waals surface area (Å²) in [6.07, 6.45) is 7.11. The van der Waals surface area contributed by atoms with Crippen LogP contribution < -0.4 is 10.6 Å². The van der Waals surface area contributed by atoms with Crippen molar-refractivity contribution in [3.63, 3.8) is 0 Å². The highest BCUT2D eigenvalue weighted by atomic mass is 16.5. The van der Waals surface area contributed by atoms with E-state index in [2.05, 4.69) is 24.5 Å². The fourth-order valence-electron chi connectivity index (χ4n) is 2.41. The molecule has 0 aromatic carbocycles. The van der Waals surface area contributed by atoms with Crippen molar-refractivity contribution in [3.8, 4) is 0 Å². The topological polar surface area (TPSA) is 50.4 Å². The summed E-state index contributed by atoms with van der Waals surface area (Å²) < 4.78 is 5.64. The predicted molar refractivity (Wildman–Crippen MR) is 78.2 cm³/mol. The Bertz CT molecular complexity index is 240. The Balaban J connectivity index is 2.08. The van der Waals surface area contributed by atoms with Crippen LogP contribution in [0.2, 0.25) is 0 Å². The van der Waals surface area contributed by atoms with E-state index in [1.54, 1.807) is 0 Å². The van der Waals surface area contributed by atoms with Crippen LogP contribution in [0.15, 0.2) is 0 Å². The first-order chi connectivity index (χ1) is 9.26. The number of hydrogen-bond acceptors (Lipinski definition) is 3. The molecule has 112 valence electrons. The summed E-state index contributed by atoms with van der Waals surface area (Å²) in [6.45, 7) is 7.42. The average Bonchev–Trinajstić information content (AvgIpc) is 2.46. The molecule has 1 fully saturated rings. The lowest BCUT2D eigenvalue weighted by Crippen LogP contribution is -2.37. The molecule has 0 aromatic heterocycles. The zero-order valence-electron chi connectivity index (χ0n) is 12.5. The maximum Gasteiger partial charge on any atom is 0.246 e. The van der Waals surface area contributed by atoms with Gasteiger partial charge in [-0.3, -0.25) is 4.79 Å². The van der Waals surface area contributed by atoms with Crippen molar-refractivity contribution in [2.75, 3.05) is 26.2 Å². The molecule has 0 aromatic rings. The number of hydrogen-bond donors (Lipinski definition) is 2. The summed E-state index contributed by atoms with van der Waals surface area (Å²) in [5.74, 6) is 0.649. The first-order valence-electron chi connectivity index (χ1n) is 7.85. The van der Waals surface area contributed by atoms with Crippen LogP contribution in [0.1, 0.15) is 52.4 Å². The van der Waals surface area contributed by atoms with Crippen molar-refractivity contribution >= 4 is 5.91 Å². The molecule has 0 aliphatic carbocycles. The number of amides is 1. The molecular weight excluding hydrogens is 240 g/mol. The fourth-order valence-corrected chi connectivity index (χ4v) is 2.41. The van der Waals surface area contributed by atoms with Crippen LogP contribution in [-0.2, 0) is 9.53 Å². The second kappa shape index (κ2) is 10.2. The monoisotopic (exact) mass is 270 g/mol. The maximum absolute atomic E-state index is 11.7. The molecule has 1 atom stereocenters. The van der Waals surface area contributed by atoms with Gasteiger partial charge in [0.2, 0.25) is 5.91 Å². The average molecular weight is 270 g/mol. The molecule has 4 heteroatoms. The number of piperidine rings is 1. The molecular formula is C15H30N2O2. The third kappa shape index (κ3) is 7.53. The van der Waals surface area contributed by atoms with E-state index >= 15 is 0 Å². The van der Waals surface area contributed by atoms with Gasteiger partial charge in [0, 0.05) is 6.54 Å². The van der Waals surface area contributed by atoms with Gasteiger partial charge in [-0.1, -0.05) is 33.1 Å². The van der Waals surface area contributed by atoms with Gasteiger partial charge in [0.15, 0.2) is 0 Å². The summed E-state index contributed by atoms with van der Waals surface area (Å²) in [6, 6.07) is 0. The summed E-state index contributed by atoms with van der Waals surface area (Å²) in [4.78, 5) is 11.7. The molecule has 0 saturated carbocycles. The van der Waals surface area contributed by atoms with E-state index in [1.807, 2.05) is 0 Å². The minimum absolute atomic E-state index is 0.0356. The number of unbranched alkanes of at least 4 members (excludes halogenated alkanes) is 1. The number of rotatable bonds is 9. The normalized spacial score (nSPS) is 18.2. The van der Waals surface area contributed by atoms with E-state index < -0.39 is 0 Å². The molecule has 1 saturated heterocycles. The quantitative estimate of drug-likeness (QED) is 0.674. The third-order valence-corrected chi connectivity index (χ3v) is 3.87. The van der Waals surface area contributed by atoms with Crippen LogP contribution in [0.4, 0.5) is 0 Å². The van der Waals surface area contributed by atoms with Gasteiger partial charge < -0.3 is 15.4 Å². The van der Waals surface area contributed by atoms with E-state index in [9.17, 15) is 4.79 Å². The molecule has 1 unspecified atom stereocenters. The van der Waals surface area contributed by atoms with Crippen LogP contribution in [-0.4, -0.2) is 38.3 Å².